The highest BCUT2D eigenvalue weighted by atomic mass is 16.1. The molecule has 1 aliphatic carbocycles. The number of aryl methyl sites for hydroxylation is 1. The number of amidine groups is 2. The summed E-state index contributed by atoms with van der Waals surface area (Å²) in [6.45, 7) is 9.43. The Balaban J connectivity index is 1.41. The van der Waals surface area contributed by atoms with Gasteiger partial charge in [-0.15, -0.1) is 0 Å². The highest BCUT2D eigenvalue weighted by Crippen LogP contribution is 2.35. The molecule has 2 aliphatic rings. The van der Waals surface area contributed by atoms with E-state index in [-0.39, 0.29) is 11.9 Å². The number of nitrogens with zero attached hydrogens (tertiary/aromatic N) is 2. The van der Waals surface area contributed by atoms with E-state index in [1.54, 1.807) is 0 Å². The number of hydrogen-bond donors (Lipinski definition) is 4. The van der Waals surface area contributed by atoms with E-state index >= 15 is 0 Å². The molecule has 4 rings (SSSR count). The summed E-state index contributed by atoms with van der Waals surface area (Å²) in [5.74, 6) is 3.41. The van der Waals surface area contributed by atoms with Crippen molar-refractivity contribution in [3.8, 4) is 11.1 Å². The van der Waals surface area contributed by atoms with Gasteiger partial charge in [-0.2, -0.15) is 0 Å². The summed E-state index contributed by atoms with van der Waals surface area (Å²) in [5, 5.41) is 13.4. The molecule has 1 unspecified atom stereocenters. The number of fused-ring (bicyclic) bond motifs is 1. The Bertz CT molecular complexity index is 1370. The van der Waals surface area contributed by atoms with Crippen LogP contribution in [0.2, 0.25) is 0 Å². The molecule has 0 bridgehead atoms. The maximum atomic E-state index is 11.6. The van der Waals surface area contributed by atoms with Crippen LogP contribution in [0.5, 0.6) is 0 Å². The standard InChI is InChI=1S/C37H52N6O/c1-6-36(44)41-22-17-28-12-14-33(23-28)37-42-20-8-10-32-25-31(15-16-34(32)27(3)43-37)30-13-11-26(2)29(24-30)9-7-19-40-35(39-5)18-21-38-4/h7-11,13,15-16,24-25,27-28,33,38H,6,12,14,17-23H2,1-5H3,(H,39,40)(H,41,44)(H,42,43)/b9-7-,10-8-/t27?,28-,33-/m1/s1. The molecule has 1 aliphatic heterocycles. The number of benzene rings is 2. The molecule has 1 saturated carbocycles. The Kier molecular flexibility index (Phi) is 12.8. The van der Waals surface area contributed by atoms with Crippen molar-refractivity contribution in [2.75, 3.05) is 40.3 Å². The van der Waals surface area contributed by atoms with Crippen molar-refractivity contribution in [2.45, 2.75) is 65.3 Å². The van der Waals surface area contributed by atoms with Crippen LogP contribution in [0.25, 0.3) is 23.3 Å². The van der Waals surface area contributed by atoms with Gasteiger partial charge in [-0.3, -0.25) is 14.8 Å². The summed E-state index contributed by atoms with van der Waals surface area (Å²) in [5.41, 5.74) is 7.45. The van der Waals surface area contributed by atoms with E-state index in [0.29, 0.717) is 24.8 Å². The van der Waals surface area contributed by atoms with Gasteiger partial charge >= 0.3 is 0 Å². The van der Waals surface area contributed by atoms with Gasteiger partial charge in [0, 0.05) is 45.4 Å². The third-order valence-corrected chi connectivity index (χ3v) is 8.92. The molecule has 3 atom stereocenters. The van der Waals surface area contributed by atoms with Gasteiger partial charge in [0.25, 0.3) is 0 Å². The number of rotatable bonds is 12. The first kappa shape index (κ1) is 33.2. The van der Waals surface area contributed by atoms with Crippen LogP contribution in [0.4, 0.5) is 0 Å². The third kappa shape index (κ3) is 9.39. The fraction of sp³-hybridized carbons (Fsp3) is 0.486. The number of nitrogens with one attached hydrogen (secondary N) is 4. The van der Waals surface area contributed by atoms with Crippen LogP contribution >= 0.6 is 0 Å². The quantitative estimate of drug-likeness (QED) is 0.171. The Morgan fingerprint density at radius 2 is 1.93 bits per heavy atom. The summed E-state index contributed by atoms with van der Waals surface area (Å²) in [6, 6.07) is 13.7. The highest BCUT2D eigenvalue weighted by Gasteiger charge is 2.29. The van der Waals surface area contributed by atoms with Crippen LogP contribution in [0.3, 0.4) is 0 Å². The van der Waals surface area contributed by atoms with E-state index < -0.39 is 0 Å². The van der Waals surface area contributed by atoms with Crippen molar-refractivity contribution in [1.82, 2.24) is 21.3 Å². The molecule has 0 spiro atoms. The number of amides is 1. The van der Waals surface area contributed by atoms with Crippen LogP contribution < -0.4 is 21.3 Å². The second-order valence-electron chi connectivity index (χ2n) is 12.1. The monoisotopic (exact) mass is 596 g/mol. The number of carbonyl (C=O) groups is 1. The van der Waals surface area contributed by atoms with E-state index in [4.69, 9.17) is 4.99 Å². The van der Waals surface area contributed by atoms with Crippen molar-refractivity contribution in [1.29, 1.82) is 0 Å². The Labute approximate surface area is 264 Å². The molecule has 44 heavy (non-hydrogen) atoms. The van der Waals surface area contributed by atoms with Gasteiger partial charge in [-0.1, -0.05) is 55.5 Å². The van der Waals surface area contributed by atoms with Crippen LogP contribution in [-0.2, 0) is 4.79 Å². The van der Waals surface area contributed by atoms with Gasteiger partial charge < -0.3 is 21.3 Å². The Morgan fingerprint density at radius 3 is 2.73 bits per heavy atom. The van der Waals surface area contributed by atoms with E-state index in [1.807, 2.05) is 21.0 Å². The van der Waals surface area contributed by atoms with Crippen molar-refractivity contribution < 1.29 is 4.79 Å². The van der Waals surface area contributed by atoms with Crippen LogP contribution in [0.1, 0.15) is 80.7 Å². The van der Waals surface area contributed by atoms with Crippen LogP contribution in [-0.4, -0.2) is 57.9 Å². The molecule has 1 fully saturated rings. The zero-order valence-electron chi connectivity index (χ0n) is 27.4. The molecule has 0 aromatic heterocycles. The molecular formula is C37H52N6O. The molecule has 236 valence electrons. The zero-order valence-corrected chi connectivity index (χ0v) is 27.4. The fourth-order valence-electron chi connectivity index (χ4n) is 6.23. The lowest BCUT2D eigenvalue weighted by molar-refractivity contribution is -0.120. The zero-order chi connectivity index (χ0) is 31.3. The van der Waals surface area contributed by atoms with Gasteiger partial charge in [0.1, 0.15) is 5.84 Å². The normalized spacial score (nSPS) is 21.1. The summed E-state index contributed by atoms with van der Waals surface area (Å²) in [7, 11) is 3.79. The minimum atomic E-state index is 0.143. The average Bonchev–Trinajstić information content (AvgIpc) is 3.53. The lowest BCUT2D eigenvalue weighted by Gasteiger charge is -2.23. The lowest BCUT2D eigenvalue weighted by atomic mass is 9.93. The van der Waals surface area contributed by atoms with Gasteiger partial charge in [0.2, 0.25) is 5.91 Å². The topological polar surface area (TPSA) is 89.9 Å². The number of aliphatic imine (C=N–C) groups is 2. The first-order valence-corrected chi connectivity index (χ1v) is 16.4. The van der Waals surface area contributed by atoms with Crippen molar-refractivity contribution in [2.24, 2.45) is 21.8 Å². The smallest absolute Gasteiger partial charge is 0.219 e. The van der Waals surface area contributed by atoms with Gasteiger partial charge in [-0.05, 0) is 98.0 Å². The Hall–Kier alpha value is -3.71. The minimum Gasteiger partial charge on any atom is -0.370 e. The predicted octanol–water partition coefficient (Wildman–Crippen LogP) is 6.31. The number of hydrogen-bond acceptors (Lipinski definition) is 5. The molecule has 7 heteroatoms. The Morgan fingerprint density at radius 1 is 1.11 bits per heavy atom. The molecule has 0 saturated heterocycles. The van der Waals surface area contributed by atoms with E-state index in [2.05, 4.69) is 101 Å². The average molecular weight is 597 g/mol. The summed E-state index contributed by atoms with van der Waals surface area (Å²) >= 11 is 0. The second-order valence-corrected chi connectivity index (χ2v) is 12.1. The minimum absolute atomic E-state index is 0.143. The molecule has 7 nitrogen and oxygen atoms in total. The van der Waals surface area contributed by atoms with Gasteiger partial charge in [0.15, 0.2) is 0 Å². The second kappa shape index (κ2) is 17.0. The molecule has 0 radical (unpaired) electrons. The molecule has 2 aromatic carbocycles. The molecule has 1 amide bonds. The maximum absolute atomic E-state index is 11.6. The maximum Gasteiger partial charge on any atom is 0.219 e. The molecule has 1 heterocycles. The SMILES string of the molecule is CCC(=O)NCC[C@H]1CC[C@@H](C2=NC/C=C\c3cc(-c4ccc(C)c(/C=C\CNC(CCNC)=NC)c4)ccc3C(C)N2)C1. The summed E-state index contributed by atoms with van der Waals surface area (Å²) in [4.78, 5) is 21.0. The van der Waals surface area contributed by atoms with E-state index in [9.17, 15) is 4.79 Å². The largest absolute Gasteiger partial charge is 0.370 e. The summed E-state index contributed by atoms with van der Waals surface area (Å²) < 4.78 is 0. The van der Waals surface area contributed by atoms with Gasteiger partial charge in [0.05, 0.1) is 18.4 Å². The van der Waals surface area contributed by atoms with Crippen molar-refractivity contribution >= 4 is 29.7 Å². The predicted molar refractivity (Wildman–Crippen MR) is 187 cm³/mol. The first-order chi connectivity index (χ1) is 21.4. The number of carbonyl (C=O) groups excluding carboxylic acids is 1. The van der Waals surface area contributed by atoms with Gasteiger partial charge in [-0.25, -0.2) is 0 Å². The van der Waals surface area contributed by atoms with Crippen molar-refractivity contribution in [3.63, 3.8) is 0 Å². The fourth-order valence-corrected chi connectivity index (χ4v) is 6.23. The van der Waals surface area contributed by atoms with E-state index in [0.717, 1.165) is 57.0 Å². The lowest BCUT2D eigenvalue weighted by Crippen LogP contribution is -2.32. The van der Waals surface area contributed by atoms with E-state index in [1.165, 1.54) is 39.8 Å². The third-order valence-electron chi connectivity index (χ3n) is 8.92. The molecular weight excluding hydrogens is 544 g/mol. The molecule has 2 aromatic rings. The van der Waals surface area contributed by atoms with Crippen LogP contribution in [0, 0.1) is 18.8 Å². The molecule has 4 N–H and O–H groups in total. The highest BCUT2D eigenvalue weighted by molar-refractivity contribution is 5.86. The summed E-state index contributed by atoms with van der Waals surface area (Å²) in [6.07, 6.45) is 14.8. The van der Waals surface area contributed by atoms with Crippen LogP contribution in [0.15, 0.2) is 58.5 Å². The van der Waals surface area contributed by atoms with Crippen molar-refractivity contribution in [3.05, 3.63) is 70.8 Å². The first-order valence-electron chi connectivity index (χ1n) is 16.4.